The van der Waals surface area contributed by atoms with Crippen molar-refractivity contribution in [2.45, 2.75) is 32.7 Å². The molecule has 0 aliphatic heterocycles. The lowest BCUT2D eigenvalue weighted by molar-refractivity contribution is 0.0998. The van der Waals surface area contributed by atoms with Crippen LogP contribution < -0.4 is 0 Å². The molecule has 0 saturated heterocycles. The van der Waals surface area contributed by atoms with Gasteiger partial charge in [0, 0.05) is 26.9 Å². The van der Waals surface area contributed by atoms with E-state index in [4.69, 9.17) is 13.3 Å². The first-order valence-corrected chi connectivity index (χ1v) is 7.03. The van der Waals surface area contributed by atoms with Crippen molar-refractivity contribution >= 4 is 8.80 Å². The van der Waals surface area contributed by atoms with E-state index in [1.54, 1.807) is 14.2 Å². The van der Waals surface area contributed by atoms with Gasteiger partial charge >= 0.3 is 8.80 Å². The van der Waals surface area contributed by atoms with Crippen LogP contribution >= 0.6 is 0 Å². The van der Waals surface area contributed by atoms with Gasteiger partial charge in [-0.15, -0.1) is 0 Å². The van der Waals surface area contributed by atoms with Crippen LogP contribution in [0.2, 0.25) is 6.04 Å². The average molecular weight is 218 g/mol. The van der Waals surface area contributed by atoms with Gasteiger partial charge in [0.2, 0.25) is 0 Å². The summed E-state index contributed by atoms with van der Waals surface area (Å²) in [6.07, 6.45) is 6.04. The highest BCUT2D eigenvalue weighted by molar-refractivity contribution is 6.60. The summed E-state index contributed by atoms with van der Waals surface area (Å²) in [6, 6.07) is 0.885. The quantitative estimate of drug-likeness (QED) is 0.356. The van der Waals surface area contributed by atoms with Gasteiger partial charge < -0.3 is 13.3 Å². The summed E-state index contributed by atoms with van der Waals surface area (Å²) in [5, 5.41) is 0. The van der Waals surface area contributed by atoms with E-state index in [0.29, 0.717) is 6.61 Å². The fraction of sp³-hybridized carbons (Fsp3) is 0.800. The molecular weight excluding hydrogens is 196 g/mol. The van der Waals surface area contributed by atoms with Crippen LogP contribution in [0.4, 0.5) is 0 Å². The second-order valence-corrected chi connectivity index (χ2v) is 6.02. The summed E-state index contributed by atoms with van der Waals surface area (Å²) in [4.78, 5) is 0. The van der Waals surface area contributed by atoms with Crippen molar-refractivity contribution in [3.63, 3.8) is 0 Å². The topological polar surface area (TPSA) is 27.7 Å². The second-order valence-electron chi connectivity index (χ2n) is 3.05. The van der Waals surface area contributed by atoms with Crippen molar-refractivity contribution in [3.8, 4) is 0 Å². The molecule has 0 aromatic heterocycles. The van der Waals surface area contributed by atoms with Gasteiger partial charge in [0.1, 0.15) is 0 Å². The molecular formula is C10H22O3Si. The van der Waals surface area contributed by atoms with Crippen molar-refractivity contribution in [2.75, 3.05) is 20.8 Å². The lowest BCUT2D eigenvalue weighted by Gasteiger charge is -2.25. The second kappa shape index (κ2) is 8.17. The van der Waals surface area contributed by atoms with Crippen LogP contribution in [0.15, 0.2) is 12.2 Å². The van der Waals surface area contributed by atoms with Gasteiger partial charge in [0.15, 0.2) is 0 Å². The van der Waals surface area contributed by atoms with Crippen LogP contribution in [0.25, 0.3) is 0 Å². The Balaban J connectivity index is 3.93. The lowest BCUT2D eigenvalue weighted by atomic mass is 10.4. The van der Waals surface area contributed by atoms with Gasteiger partial charge in [0.25, 0.3) is 0 Å². The molecule has 4 heteroatoms. The first-order chi connectivity index (χ1) is 6.74. The zero-order valence-corrected chi connectivity index (χ0v) is 10.7. The predicted molar refractivity (Wildman–Crippen MR) is 60.3 cm³/mol. The summed E-state index contributed by atoms with van der Waals surface area (Å²) >= 11 is 0. The third-order valence-corrected chi connectivity index (χ3v) is 5.02. The fourth-order valence-electron chi connectivity index (χ4n) is 1.23. The molecule has 0 saturated carbocycles. The molecule has 0 aliphatic rings. The molecule has 0 aromatic rings. The van der Waals surface area contributed by atoms with Crippen LogP contribution in [0.5, 0.6) is 0 Å². The minimum atomic E-state index is -2.33. The molecule has 3 nitrogen and oxygen atoms in total. The predicted octanol–water partition coefficient (Wildman–Crippen LogP) is 2.61. The Labute approximate surface area is 88.4 Å². The zero-order valence-electron chi connectivity index (χ0n) is 9.71. The number of allylic oxidation sites excluding steroid dienone is 1. The van der Waals surface area contributed by atoms with Gasteiger partial charge in [-0.3, -0.25) is 0 Å². The maximum atomic E-state index is 5.71. The summed E-state index contributed by atoms with van der Waals surface area (Å²) in [6.45, 7) is 4.79. The molecule has 84 valence electrons. The molecule has 0 heterocycles. The maximum Gasteiger partial charge on any atom is 0.500 e. The molecule has 0 aromatic carbocycles. The monoisotopic (exact) mass is 218 g/mol. The molecule has 0 atom stereocenters. The molecule has 0 unspecified atom stereocenters. The van der Waals surface area contributed by atoms with Crippen molar-refractivity contribution in [3.05, 3.63) is 12.2 Å². The van der Waals surface area contributed by atoms with E-state index in [0.717, 1.165) is 18.9 Å². The third kappa shape index (κ3) is 4.90. The number of hydrogen-bond acceptors (Lipinski definition) is 3. The highest BCUT2D eigenvalue weighted by Crippen LogP contribution is 2.15. The van der Waals surface area contributed by atoms with Crippen molar-refractivity contribution in [2.24, 2.45) is 0 Å². The van der Waals surface area contributed by atoms with Gasteiger partial charge in [0.05, 0.1) is 0 Å². The van der Waals surface area contributed by atoms with Crippen LogP contribution in [-0.4, -0.2) is 29.6 Å². The maximum absolute atomic E-state index is 5.71. The van der Waals surface area contributed by atoms with Gasteiger partial charge in [-0.05, 0) is 13.3 Å². The normalized spacial score (nSPS) is 12.6. The molecule has 0 spiro atoms. The smallest absolute Gasteiger partial charge is 0.377 e. The highest BCUT2D eigenvalue weighted by atomic mass is 28.4. The summed E-state index contributed by atoms with van der Waals surface area (Å²) < 4.78 is 16.5. The Kier molecular flexibility index (Phi) is 8.08. The van der Waals surface area contributed by atoms with Crippen LogP contribution in [0.1, 0.15) is 26.7 Å². The first-order valence-electron chi connectivity index (χ1n) is 5.10. The van der Waals surface area contributed by atoms with Crippen LogP contribution in [0, 0.1) is 0 Å². The molecule has 0 fully saturated rings. The molecule has 0 N–H and O–H groups in total. The molecule has 0 radical (unpaired) electrons. The zero-order chi connectivity index (χ0) is 10.9. The molecule has 0 bridgehead atoms. The Morgan fingerprint density at radius 3 is 2.29 bits per heavy atom. The average Bonchev–Trinajstić information content (AvgIpc) is 2.23. The van der Waals surface area contributed by atoms with Crippen molar-refractivity contribution in [1.82, 2.24) is 0 Å². The molecule has 0 aliphatic carbocycles. The lowest BCUT2D eigenvalue weighted by Crippen LogP contribution is -2.43. The minimum absolute atomic E-state index is 0.679. The Hall–Kier alpha value is -0.163. The fourth-order valence-corrected chi connectivity index (χ4v) is 3.23. The molecule has 0 amide bonds. The van der Waals surface area contributed by atoms with Crippen LogP contribution in [0.3, 0.4) is 0 Å². The van der Waals surface area contributed by atoms with Crippen molar-refractivity contribution in [1.29, 1.82) is 0 Å². The Morgan fingerprint density at radius 1 is 1.21 bits per heavy atom. The molecule has 14 heavy (non-hydrogen) atoms. The molecule has 0 rings (SSSR count). The Bertz CT molecular complexity index is 155. The van der Waals surface area contributed by atoms with E-state index < -0.39 is 8.80 Å². The van der Waals surface area contributed by atoms with E-state index in [2.05, 4.69) is 13.0 Å². The first kappa shape index (κ1) is 13.8. The summed E-state index contributed by atoms with van der Waals surface area (Å²) in [5.74, 6) is 0. The number of rotatable bonds is 8. The van der Waals surface area contributed by atoms with Crippen LogP contribution in [-0.2, 0) is 13.3 Å². The van der Waals surface area contributed by atoms with E-state index in [-0.39, 0.29) is 0 Å². The third-order valence-electron chi connectivity index (χ3n) is 2.02. The number of hydrogen-bond donors (Lipinski definition) is 0. The van der Waals surface area contributed by atoms with E-state index in [1.807, 2.05) is 13.0 Å². The van der Waals surface area contributed by atoms with Gasteiger partial charge in [-0.25, -0.2) is 0 Å². The highest BCUT2D eigenvalue weighted by Gasteiger charge is 2.37. The summed E-state index contributed by atoms with van der Waals surface area (Å²) in [5.41, 5.74) is 0. The van der Waals surface area contributed by atoms with Gasteiger partial charge in [-0.1, -0.05) is 25.5 Å². The van der Waals surface area contributed by atoms with E-state index in [1.165, 1.54) is 0 Å². The van der Waals surface area contributed by atoms with Gasteiger partial charge in [-0.2, -0.15) is 0 Å². The SMILES string of the molecule is CC=CCCO[Si](CCC)(OC)OC. The Morgan fingerprint density at radius 2 is 1.86 bits per heavy atom. The largest absolute Gasteiger partial charge is 0.500 e. The van der Waals surface area contributed by atoms with Crippen molar-refractivity contribution < 1.29 is 13.3 Å². The minimum Gasteiger partial charge on any atom is -0.377 e. The summed E-state index contributed by atoms with van der Waals surface area (Å²) in [7, 11) is 1.01. The standard InChI is InChI=1S/C10H22O3Si/c1-5-7-8-9-13-14(11-3,12-4)10-6-2/h5,7H,6,8-10H2,1-4H3. The van der Waals surface area contributed by atoms with E-state index in [9.17, 15) is 0 Å². The van der Waals surface area contributed by atoms with E-state index >= 15 is 0 Å².